The maximum absolute atomic E-state index is 15.0. The molecule has 1 fully saturated rings. The predicted octanol–water partition coefficient (Wildman–Crippen LogP) is 4.40. The second kappa shape index (κ2) is 8.95. The lowest BCUT2D eigenvalue weighted by Gasteiger charge is -2.23. The fourth-order valence-electron chi connectivity index (χ4n) is 3.26. The van der Waals surface area contributed by atoms with Gasteiger partial charge in [0.15, 0.2) is 0 Å². The van der Waals surface area contributed by atoms with Crippen molar-refractivity contribution in [1.82, 2.24) is 10.0 Å². The lowest BCUT2D eigenvalue weighted by atomic mass is 9.96. The monoisotopic (exact) mass is 455 g/mol. The zero-order chi connectivity index (χ0) is 20.5. The number of benzene rings is 2. The molecule has 2 aromatic carbocycles. The van der Waals surface area contributed by atoms with Crippen molar-refractivity contribution in [2.45, 2.75) is 30.4 Å². The van der Waals surface area contributed by atoms with Crippen LogP contribution in [0.25, 0.3) is 11.1 Å². The van der Waals surface area contributed by atoms with Gasteiger partial charge in [0.25, 0.3) is 0 Å². The van der Waals surface area contributed by atoms with Gasteiger partial charge in [0.05, 0.1) is 0 Å². The highest BCUT2D eigenvalue weighted by Gasteiger charge is 2.44. The number of hydrogen-bond donors (Lipinski definition) is 3. The largest absolute Gasteiger partial charge is 0.492 e. The standard InChI is InChI=1S/C18H18F5N3OS.ClH/c19-13-5-1-3-11(9-13)14-6-2-4-12(17(14)20)10-16-15(7-8-25-16)26-28(24,27)18(21,22)23;/h1-6,9,15-16,25H,7-8,10H2,(H2,24,26,27);1H/t15-,16-,28?;/m0./s1. The lowest BCUT2D eigenvalue weighted by Crippen LogP contribution is -2.48. The molecule has 1 heterocycles. The summed E-state index contributed by atoms with van der Waals surface area (Å²) in [5.41, 5.74) is -4.43. The molecule has 4 nitrogen and oxygen atoms in total. The van der Waals surface area contributed by atoms with Gasteiger partial charge in [-0.3, -0.25) is 0 Å². The van der Waals surface area contributed by atoms with Crippen LogP contribution in [-0.2, 0) is 16.3 Å². The van der Waals surface area contributed by atoms with Crippen molar-refractivity contribution in [2.24, 2.45) is 0 Å². The summed E-state index contributed by atoms with van der Waals surface area (Å²) in [5.74, 6) is -1.11. The van der Waals surface area contributed by atoms with Gasteiger partial charge in [0.2, 0.25) is 9.92 Å². The Kier molecular flexibility index (Phi) is 7.26. The van der Waals surface area contributed by atoms with Crippen molar-refractivity contribution in [2.75, 3.05) is 6.54 Å². The molecule has 3 rings (SSSR count). The molecule has 0 saturated carbocycles. The zero-order valence-electron chi connectivity index (χ0n) is 14.9. The minimum atomic E-state index is -5.19. The number of nitrogens with one attached hydrogen (secondary N) is 3. The molecule has 0 spiro atoms. The Morgan fingerprint density at radius 1 is 1.17 bits per heavy atom. The summed E-state index contributed by atoms with van der Waals surface area (Å²) in [6, 6.07) is 8.48. The first kappa shape index (κ1) is 23.5. The molecule has 3 atom stereocenters. The minimum absolute atomic E-state index is 0. The van der Waals surface area contributed by atoms with Crippen molar-refractivity contribution in [3.8, 4) is 11.1 Å². The molecule has 0 radical (unpaired) electrons. The van der Waals surface area contributed by atoms with E-state index >= 15 is 0 Å². The lowest BCUT2D eigenvalue weighted by molar-refractivity contribution is -0.0420. The van der Waals surface area contributed by atoms with Crippen LogP contribution in [0.4, 0.5) is 22.0 Å². The summed E-state index contributed by atoms with van der Waals surface area (Å²) >= 11 is 0. The van der Waals surface area contributed by atoms with Crippen LogP contribution in [0.15, 0.2) is 42.5 Å². The van der Waals surface area contributed by atoms with Crippen molar-refractivity contribution in [1.29, 1.82) is 4.78 Å². The molecule has 0 aliphatic carbocycles. The van der Waals surface area contributed by atoms with Crippen LogP contribution in [0.5, 0.6) is 0 Å². The van der Waals surface area contributed by atoms with Crippen molar-refractivity contribution < 1.29 is 26.2 Å². The summed E-state index contributed by atoms with van der Waals surface area (Å²) < 4.78 is 87.2. The number of hydrogen-bond acceptors (Lipinski definition) is 3. The maximum atomic E-state index is 15.0. The Morgan fingerprint density at radius 2 is 1.86 bits per heavy atom. The van der Waals surface area contributed by atoms with E-state index in [1.165, 1.54) is 30.3 Å². The highest BCUT2D eigenvalue weighted by molar-refractivity contribution is 7.91. The quantitative estimate of drug-likeness (QED) is 0.585. The topological polar surface area (TPSA) is 65.0 Å². The molecule has 3 N–H and O–H groups in total. The Morgan fingerprint density at radius 3 is 2.52 bits per heavy atom. The highest BCUT2D eigenvalue weighted by Crippen LogP contribution is 2.28. The van der Waals surface area contributed by atoms with Crippen LogP contribution in [-0.4, -0.2) is 28.3 Å². The van der Waals surface area contributed by atoms with E-state index in [4.69, 9.17) is 4.78 Å². The summed E-state index contributed by atoms with van der Waals surface area (Å²) in [6.45, 7) is 0.348. The summed E-state index contributed by atoms with van der Waals surface area (Å²) in [5, 5.41) is 2.96. The fraction of sp³-hybridized carbons (Fsp3) is 0.333. The number of rotatable bonds is 5. The Bertz CT molecular complexity index is 968. The molecular formula is C18H19ClF5N3OS. The predicted molar refractivity (Wildman–Crippen MR) is 103 cm³/mol. The van der Waals surface area contributed by atoms with E-state index in [9.17, 15) is 26.2 Å². The van der Waals surface area contributed by atoms with E-state index in [-0.39, 0.29) is 36.4 Å². The van der Waals surface area contributed by atoms with Crippen LogP contribution in [0, 0.1) is 16.4 Å². The third-order valence-electron chi connectivity index (χ3n) is 4.64. The Hall–Kier alpha value is -1.75. The molecule has 0 amide bonds. The SMILES string of the molecule is Cl.N=S(=O)(N[C@H]1CCN[C@H]1Cc1cccc(-c2cccc(F)c2)c1F)C(F)(F)F. The number of alkyl halides is 3. The van der Waals surface area contributed by atoms with Gasteiger partial charge in [-0.1, -0.05) is 30.3 Å². The molecule has 0 aromatic heterocycles. The van der Waals surface area contributed by atoms with Crippen LogP contribution < -0.4 is 10.0 Å². The third-order valence-corrected chi connectivity index (χ3v) is 5.93. The maximum Gasteiger partial charge on any atom is 0.492 e. The Labute approximate surface area is 171 Å². The van der Waals surface area contributed by atoms with Gasteiger partial charge < -0.3 is 5.32 Å². The van der Waals surface area contributed by atoms with E-state index in [0.29, 0.717) is 12.1 Å². The van der Waals surface area contributed by atoms with Gasteiger partial charge in [-0.15, -0.1) is 12.4 Å². The molecule has 29 heavy (non-hydrogen) atoms. The molecule has 160 valence electrons. The van der Waals surface area contributed by atoms with Crippen LogP contribution >= 0.6 is 12.4 Å². The zero-order valence-corrected chi connectivity index (χ0v) is 16.6. The van der Waals surface area contributed by atoms with Crippen LogP contribution in [0.2, 0.25) is 0 Å². The van der Waals surface area contributed by atoms with Gasteiger partial charge in [0.1, 0.15) is 11.6 Å². The highest BCUT2D eigenvalue weighted by atomic mass is 35.5. The summed E-state index contributed by atoms with van der Waals surface area (Å²) in [7, 11) is -5.00. The van der Waals surface area contributed by atoms with Crippen LogP contribution in [0.1, 0.15) is 12.0 Å². The van der Waals surface area contributed by atoms with E-state index in [2.05, 4.69) is 5.32 Å². The smallest absolute Gasteiger partial charge is 0.312 e. The number of halogens is 6. The first-order chi connectivity index (χ1) is 13.1. The molecule has 1 saturated heterocycles. The Balaban J connectivity index is 0.00000300. The average Bonchev–Trinajstić information content (AvgIpc) is 3.02. The molecule has 1 unspecified atom stereocenters. The molecule has 1 aliphatic rings. The van der Waals surface area contributed by atoms with Gasteiger partial charge in [0, 0.05) is 17.6 Å². The van der Waals surface area contributed by atoms with E-state index < -0.39 is 39.1 Å². The molecule has 11 heteroatoms. The molecule has 2 aromatic rings. The summed E-state index contributed by atoms with van der Waals surface area (Å²) in [4.78, 5) is 0. The molecule has 1 aliphatic heterocycles. The second-order valence-electron chi connectivity index (χ2n) is 6.57. The average molecular weight is 456 g/mol. The van der Waals surface area contributed by atoms with Crippen LogP contribution in [0.3, 0.4) is 0 Å². The van der Waals surface area contributed by atoms with Gasteiger partial charge in [-0.2, -0.15) is 13.2 Å². The van der Waals surface area contributed by atoms with E-state index in [1.54, 1.807) is 12.1 Å². The van der Waals surface area contributed by atoms with Crippen molar-refractivity contribution in [3.05, 3.63) is 59.7 Å². The minimum Gasteiger partial charge on any atom is -0.312 e. The molecule has 0 bridgehead atoms. The van der Waals surface area contributed by atoms with Gasteiger partial charge in [-0.25, -0.2) is 22.5 Å². The first-order valence-corrected chi connectivity index (χ1v) is 10.0. The fourth-order valence-corrected chi connectivity index (χ4v) is 4.10. The van der Waals surface area contributed by atoms with Gasteiger partial charge >= 0.3 is 5.51 Å². The third kappa shape index (κ3) is 5.25. The van der Waals surface area contributed by atoms with E-state index in [1.807, 2.05) is 4.72 Å². The normalized spacial score (nSPS) is 21.4. The van der Waals surface area contributed by atoms with Crippen molar-refractivity contribution in [3.63, 3.8) is 0 Å². The van der Waals surface area contributed by atoms with E-state index in [0.717, 1.165) is 0 Å². The van der Waals surface area contributed by atoms with Gasteiger partial charge in [-0.05, 0) is 42.6 Å². The van der Waals surface area contributed by atoms with Crippen molar-refractivity contribution >= 4 is 22.3 Å². The first-order valence-electron chi connectivity index (χ1n) is 8.47. The summed E-state index contributed by atoms with van der Waals surface area (Å²) in [6.07, 6.45) is 0.252. The molecular weight excluding hydrogens is 437 g/mol. The second-order valence-corrected chi connectivity index (χ2v) is 8.38.